The van der Waals surface area contributed by atoms with Gasteiger partial charge in [0.1, 0.15) is 5.84 Å². The second-order valence-electron chi connectivity index (χ2n) is 4.84. The van der Waals surface area contributed by atoms with E-state index in [1.165, 1.54) is 0 Å². The van der Waals surface area contributed by atoms with E-state index < -0.39 is 0 Å². The number of carbonyl (C=O) groups is 1. The average Bonchev–Trinajstić information content (AvgIpc) is 3.12. The van der Waals surface area contributed by atoms with Crippen LogP contribution in [0.25, 0.3) is 0 Å². The van der Waals surface area contributed by atoms with Crippen LogP contribution in [0.5, 0.6) is 0 Å². The first-order chi connectivity index (χ1) is 11.2. The van der Waals surface area contributed by atoms with E-state index in [1.54, 1.807) is 35.6 Å². The van der Waals surface area contributed by atoms with Gasteiger partial charge in [-0.05, 0) is 47.8 Å². The van der Waals surface area contributed by atoms with Crippen molar-refractivity contribution in [2.24, 2.45) is 10.7 Å². The van der Waals surface area contributed by atoms with Gasteiger partial charge in [-0.25, -0.2) is 4.99 Å². The lowest BCUT2D eigenvalue weighted by Gasteiger charge is -2.05. The van der Waals surface area contributed by atoms with Crippen LogP contribution in [0, 0.1) is 0 Å². The SMILES string of the molecule is I.NC(=Nc1ccc(NC(=O)c2ccccc2)cc1)c1cccs1. The number of hydrogen-bond acceptors (Lipinski definition) is 3. The highest BCUT2D eigenvalue weighted by atomic mass is 127. The van der Waals surface area contributed by atoms with Crippen molar-refractivity contribution in [3.05, 3.63) is 82.6 Å². The highest BCUT2D eigenvalue weighted by Crippen LogP contribution is 2.19. The molecule has 0 fully saturated rings. The Kier molecular flexibility index (Phi) is 6.51. The Morgan fingerprint density at radius 2 is 1.67 bits per heavy atom. The van der Waals surface area contributed by atoms with Crippen LogP contribution in [-0.2, 0) is 0 Å². The van der Waals surface area contributed by atoms with Crippen LogP contribution >= 0.6 is 35.3 Å². The third-order valence-corrected chi connectivity index (χ3v) is 4.08. The number of nitrogens with zero attached hydrogens (tertiary/aromatic N) is 1. The molecule has 1 aromatic heterocycles. The van der Waals surface area contributed by atoms with Crippen molar-refractivity contribution in [2.75, 3.05) is 5.32 Å². The summed E-state index contributed by atoms with van der Waals surface area (Å²) in [7, 11) is 0. The Hall–Kier alpha value is -2.19. The van der Waals surface area contributed by atoms with Crippen molar-refractivity contribution >= 4 is 58.4 Å². The molecule has 1 amide bonds. The minimum atomic E-state index is -0.139. The lowest BCUT2D eigenvalue weighted by molar-refractivity contribution is 0.102. The second kappa shape index (κ2) is 8.60. The maximum atomic E-state index is 12.1. The van der Waals surface area contributed by atoms with Crippen LogP contribution < -0.4 is 11.1 Å². The number of rotatable bonds is 4. The van der Waals surface area contributed by atoms with E-state index in [2.05, 4.69) is 10.3 Å². The zero-order valence-corrected chi connectivity index (χ0v) is 15.8. The summed E-state index contributed by atoms with van der Waals surface area (Å²) in [6, 6.07) is 20.2. The minimum Gasteiger partial charge on any atom is -0.383 e. The van der Waals surface area contributed by atoms with Crippen molar-refractivity contribution in [1.82, 2.24) is 0 Å². The summed E-state index contributed by atoms with van der Waals surface area (Å²) in [4.78, 5) is 17.4. The molecule has 1 heterocycles. The first-order valence-electron chi connectivity index (χ1n) is 7.07. The smallest absolute Gasteiger partial charge is 0.255 e. The molecule has 0 aliphatic heterocycles. The number of hydrogen-bond donors (Lipinski definition) is 2. The van der Waals surface area contributed by atoms with Crippen LogP contribution in [0.4, 0.5) is 11.4 Å². The second-order valence-corrected chi connectivity index (χ2v) is 5.79. The number of aliphatic imine (C=N–C) groups is 1. The summed E-state index contributed by atoms with van der Waals surface area (Å²) in [6.45, 7) is 0. The van der Waals surface area contributed by atoms with E-state index in [0.29, 0.717) is 17.1 Å². The molecule has 122 valence electrons. The number of halogens is 1. The molecule has 24 heavy (non-hydrogen) atoms. The summed E-state index contributed by atoms with van der Waals surface area (Å²) < 4.78 is 0. The van der Waals surface area contributed by atoms with Crippen LogP contribution in [0.15, 0.2) is 77.1 Å². The van der Waals surface area contributed by atoms with E-state index in [0.717, 1.165) is 10.6 Å². The number of nitrogens with two attached hydrogens (primary N) is 1. The van der Waals surface area contributed by atoms with E-state index in [-0.39, 0.29) is 29.9 Å². The van der Waals surface area contributed by atoms with Crippen molar-refractivity contribution in [3.8, 4) is 0 Å². The van der Waals surface area contributed by atoms with Gasteiger partial charge in [0.15, 0.2) is 0 Å². The molecule has 0 bridgehead atoms. The van der Waals surface area contributed by atoms with E-state index in [4.69, 9.17) is 5.73 Å². The zero-order valence-electron chi connectivity index (χ0n) is 12.7. The van der Waals surface area contributed by atoms with Gasteiger partial charge in [-0.15, -0.1) is 35.3 Å². The summed E-state index contributed by atoms with van der Waals surface area (Å²) >= 11 is 1.55. The summed E-state index contributed by atoms with van der Waals surface area (Å²) in [5.74, 6) is 0.348. The topological polar surface area (TPSA) is 67.5 Å². The monoisotopic (exact) mass is 449 g/mol. The number of nitrogens with one attached hydrogen (secondary N) is 1. The standard InChI is InChI=1S/C18H15N3OS.HI/c19-17(16-7-4-12-23-16)20-14-8-10-15(11-9-14)21-18(22)13-5-2-1-3-6-13;/h1-12H,(H2,19,20)(H,21,22);1H. The number of anilines is 1. The molecular weight excluding hydrogens is 433 g/mol. The van der Waals surface area contributed by atoms with E-state index in [9.17, 15) is 4.79 Å². The van der Waals surface area contributed by atoms with Crippen LogP contribution in [0.1, 0.15) is 15.2 Å². The molecule has 0 aliphatic rings. The zero-order chi connectivity index (χ0) is 16.1. The summed E-state index contributed by atoms with van der Waals surface area (Å²) in [5.41, 5.74) is 8.04. The molecule has 4 nitrogen and oxygen atoms in total. The van der Waals surface area contributed by atoms with Gasteiger partial charge in [-0.3, -0.25) is 4.79 Å². The highest BCUT2D eigenvalue weighted by Gasteiger charge is 2.05. The lowest BCUT2D eigenvalue weighted by Crippen LogP contribution is -2.11. The molecule has 6 heteroatoms. The van der Waals surface area contributed by atoms with Crippen LogP contribution in [-0.4, -0.2) is 11.7 Å². The Balaban J connectivity index is 0.00000208. The van der Waals surface area contributed by atoms with Crippen molar-refractivity contribution in [3.63, 3.8) is 0 Å². The normalized spacial score (nSPS) is 10.8. The van der Waals surface area contributed by atoms with Crippen molar-refractivity contribution < 1.29 is 4.79 Å². The maximum absolute atomic E-state index is 12.1. The van der Waals surface area contributed by atoms with Gasteiger partial charge in [0, 0.05) is 11.3 Å². The lowest BCUT2D eigenvalue weighted by atomic mass is 10.2. The van der Waals surface area contributed by atoms with E-state index in [1.807, 2.05) is 47.8 Å². The fraction of sp³-hybridized carbons (Fsp3) is 0. The molecule has 0 saturated carbocycles. The molecule has 3 rings (SSSR count). The van der Waals surface area contributed by atoms with E-state index >= 15 is 0 Å². The van der Waals surface area contributed by atoms with Crippen molar-refractivity contribution in [1.29, 1.82) is 0 Å². The number of thiophene rings is 1. The van der Waals surface area contributed by atoms with Gasteiger partial charge in [0.25, 0.3) is 5.91 Å². The molecule has 0 spiro atoms. The van der Waals surface area contributed by atoms with Crippen molar-refractivity contribution in [2.45, 2.75) is 0 Å². The number of benzene rings is 2. The van der Waals surface area contributed by atoms with Gasteiger partial charge < -0.3 is 11.1 Å². The third-order valence-electron chi connectivity index (χ3n) is 3.18. The number of carbonyl (C=O) groups excluding carboxylic acids is 1. The average molecular weight is 449 g/mol. The summed E-state index contributed by atoms with van der Waals surface area (Å²) in [6.07, 6.45) is 0. The Bertz CT molecular complexity index is 815. The molecule has 0 aliphatic carbocycles. The Labute approximate surface area is 161 Å². The molecule has 2 aromatic carbocycles. The molecule has 0 atom stereocenters. The molecule has 0 saturated heterocycles. The molecular formula is C18H16IN3OS. The maximum Gasteiger partial charge on any atom is 0.255 e. The van der Waals surface area contributed by atoms with Crippen LogP contribution in [0.2, 0.25) is 0 Å². The fourth-order valence-corrected chi connectivity index (χ4v) is 2.66. The third kappa shape index (κ3) is 4.65. The number of amides is 1. The molecule has 0 unspecified atom stereocenters. The fourth-order valence-electron chi connectivity index (χ4n) is 2.03. The van der Waals surface area contributed by atoms with Gasteiger partial charge in [0.2, 0.25) is 0 Å². The minimum absolute atomic E-state index is 0. The molecule has 3 aromatic rings. The Morgan fingerprint density at radius 3 is 2.29 bits per heavy atom. The van der Waals surface area contributed by atoms with Gasteiger partial charge in [-0.1, -0.05) is 24.3 Å². The Morgan fingerprint density at radius 1 is 0.958 bits per heavy atom. The van der Waals surface area contributed by atoms with Gasteiger partial charge >= 0.3 is 0 Å². The van der Waals surface area contributed by atoms with Gasteiger partial charge in [0.05, 0.1) is 10.6 Å². The van der Waals surface area contributed by atoms with Gasteiger partial charge in [-0.2, -0.15) is 0 Å². The quantitative estimate of drug-likeness (QED) is 0.346. The first-order valence-corrected chi connectivity index (χ1v) is 7.95. The number of amidine groups is 1. The predicted octanol–water partition coefficient (Wildman–Crippen LogP) is 4.66. The molecule has 0 radical (unpaired) electrons. The first kappa shape index (κ1) is 18.2. The molecule has 3 N–H and O–H groups in total. The largest absolute Gasteiger partial charge is 0.383 e. The summed E-state index contributed by atoms with van der Waals surface area (Å²) in [5, 5.41) is 4.81. The van der Waals surface area contributed by atoms with Crippen LogP contribution in [0.3, 0.4) is 0 Å². The predicted molar refractivity (Wildman–Crippen MR) is 111 cm³/mol. The highest BCUT2D eigenvalue weighted by molar-refractivity contribution is 14.0.